The molecule has 4 aromatic rings. The maximum Gasteiger partial charge on any atom is 0.271 e. The van der Waals surface area contributed by atoms with Crippen LogP contribution in [0.1, 0.15) is 40.3 Å². The van der Waals surface area contributed by atoms with Crippen LogP contribution in [-0.2, 0) is 6.42 Å². The molecule has 33 heavy (non-hydrogen) atoms. The van der Waals surface area contributed by atoms with E-state index in [0.29, 0.717) is 9.55 Å². The number of halogens is 1. The van der Waals surface area contributed by atoms with Gasteiger partial charge in [-0.1, -0.05) is 89.2 Å². The minimum atomic E-state index is -0.179. The molecule has 0 spiro atoms. The van der Waals surface area contributed by atoms with Gasteiger partial charge in [0, 0.05) is 10.6 Å². The van der Waals surface area contributed by atoms with Crippen LogP contribution in [0.5, 0.6) is 0 Å². The molecule has 0 radical (unpaired) electrons. The zero-order valence-electron chi connectivity index (χ0n) is 18.1. The molecule has 0 N–H and O–H groups in total. The van der Waals surface area contributed by atoms with Crippen molar-refractivity contribution in [1.82, 2.24) is 4.57 Å². The normalized spacial score (nSPS) is 17.3. The molecule has 3 aromatic carbocycles. The van der Waals surface area contributed by atoms with Crippen LogP contribution in [0.3, 0.4) is 0 Å². The lowest BCUT2D eigenvalue weighted by Gasteiger charge is -2.30. The van der Waals surface area contributed by atoms with E-state index in [-0.39, 0.29) is 11.6 Å². The van der Waals surface area contributed by atoms with E-state index < -0.39 is 0 Å². The number of fused-ring (bicyclic) bond motifs is 3. The number of aryl methyl sites for hydroxylation is 2. The SMILES string of the molecule is Cc1ccc(/C=c2/sc3n(c2=O)[C@@H](c2ccc(Cl)cc2)C2=C(N=3)c3ccccc3CC2)cc1. The first-order chi connectivity index (χ1) is 16.1. The molecule has 5 heteroatoms. The molecule has 1 aliphatic heterocycles. The van der Waals surface area contributed by atoms with Crippen LogP contribution in [0, 0.1) is 6.92 Å². The summed E-state index contributed by atoms with van der Waals surface area (Å²) < 4.78 is 2.57. The van der Waals surface area contributed by atoms with E-state index in [4.69, 9.17) is 16.6 Å². The van der Waals surface area contributed by atoms with Gasteiger partial charge in [-0.15, -0.1) is 0 Å². The predicted octanol–water partition coefficient (Wildman–Crippen LogP) is 5.28. The van der Waals surface area contributed by atoms with E-state index in [0.717, 1.165) is 34.5 Å². The van der Waals surface area contributed by atoms with Gasteiger partial charge in [0.25, 0.3) is 5.56 Å². The molecule has 0 amide bonds. The quantitative estimate of drug-likeness (QED) is 0.394. The van der Waals surface area contributed by atoms with Crippen LogP contribution in [0.25, 0.3) is 11.8 Å². The largest absolute Gasteiger partial charge is 0.272 e. The van der Waals surface area contributed by atoms with Gasteiger partial charge >= 0.3 is 0 Å². The highest BCUT2D eigenvalue weighted by atomic mass is 35.5. The number of hydrogen-bond donors (Lipinski definition) is 0. The minimum absolute atomic E-state index is 0.00434. The van der Waals surface area contributed by atoms with Gasteiger partial charge in [-0.2, -0.15) is 0 Å². The summed E-state index contributed by atoms with van der Waals surface area (Å²) >= 11 is 7.65. The average Bonchev–Trinajstić information content (AvgIpc) is 3.14. The van der Waals surface area contributed by atoms with Crippen molar-refractivity contribution < 1.29 is 0 Å². The Kier molecular flexibility index (Phi) is 4.93. The van der Waals surface area contributed by atoms with Crippen molar-refractivity contribution in [3.63, 3.8) is 0 Å². The molecular formula is C28H21ClN2OS. The van der Waals surface area contributed by atoms with Crippen molar-refractivity contribution in [3.8, 4) is 0 Å². The molecule has 0 saturated carbocycles. The molecule has 162 valence electrons. The van der Waals surface area contributed by atoms with Gasteiger partial charge in [0.15, 0.2) is 4.80 Å². The Hall–Kier alpha value is -3.21. The number of nitrogens with zero attached hydrogens (tertiary/aromatic N) is 2. The molecule has 0 bridgehead atoms. The molecule has 6 rings (SSSR count). The van der Waals surface area contributed by atoms with Crippen LogP contribution < -0.4 is 14.9 Å². The highest BCUT2D eigenvalue weighted by molar-refractivity contribution is 7.07. The van der Waals surface area contributed by atoms with Gasteiger partial charge in [-0.05, 0) is 60.2 Å². The van der Waals surface area contributed by atoms with Crippen molar-refractivity contribution in [2.45, 2.75) is 25.8 Å². The van der Waals surface area contributed by atoms with E-state index >= 15 is 0 Å². The van der Waals surface area contributed by atoms with E-state index in [1.54, 1.807) is 0 Å². The summed E-state index contributed by atoms with van der Waals surface area (Å²) in [6.07, 6.45) is 3.80. The summed E-state index contributed by atoms with van der Waals surface area (Å²) in [5.74, 6) is 0. The first-order valence-electron chi connectivity index (χ1n) is 11.0. The second kappa shape index (κ2) is 7.98. The van der Waals surface area contributed by atoms with E-state index in [1.165, 1.54) is 33.6 Å². The number of hydrogen-bond acceptors (Lipinski definition) is 3. The van der Waals surface area contributed by atoms with Crippen molar-refractivity contribution >= 4 is 34.7 Å². The Morgan fingerprint density at radius 3 is 2.55 bits per heavy atom. The Morgan fingerprint density at radius 1 is 1.00 bits per heavy atom. The van der Waals surface area contributed by atoms with Gasteiger partial charge in [0.2, 0.25) is 0 Å². The Labute approximate surface area is 200 Å². The van der Waals surface area contributed by atoms with Gasteiger partial charge < -0.3 is 0 Å². The molecule has 3 nitrogen and oxygen atoms in total. The molecule has 1 atom stereocenters. The second-order valence-electron chi connectivity index (χ2n) is 8.58. The first-order valence-corrected chi connectivity index (χ1v) is 12.2. The Morgan fingerprint density at radius 2 is 1.76 bits per heavy atom. The molecule has 1 aromatic heterocycles. The van der Waals surface area contributed by atoms with Gasteiger partial charge in [0.1, 0.15) is 0 Å². The highest BCUT2D eigenvalue weighted by Crippen LogP contribution is 2.41. The first kappa shape index (κ1) is 20.4. The number of thiazole rings is 1. The number of aromatic nitrogens is 1. The summed E-state index contributed by atoms with van der Waals surface area (Å²) in [6.45, 7) is 2.06. The molecule has 2 aliphatic rings. The van der Waals surface area contributed by atoms with Gasteiger partial charge in [-0.25, -0.2) is 4.99 Å². The third kappa shape index (κ3) is 3.50. The smallest absolute Gasteiger partial charge is 0.271 e. The molecular weight excluding hydrogens is 448 g/mol. The van der Waals surface area contributed by atoms with E-state index in [9.17, 15) is 4.79 Å². The van der Waals surface area contributed by atoms with Crippen LogP contribution in [-0.4, -0.2) is 4.57 Å². The van der Waals surface area contributed by atoms with Crippen molar-refractivity contribution in [1.29, 1.82) is 0 Å². The van der Waals surface area contributed by atoms with Crippen LogP contribution in [0.15, 0.2) is 88.2 Å². The highest BCUT2D eigenvalue weighted by Gasteiger charge is 2.32. The lowest BCUT2D eigenvalue weighted by atomic mass is 9.83. The summed E-state index contributed by atoms with van der Waals surface area (Å²) in [5.41, 5.74) is 7.98. The summed E-state index contributed by atoms with van der Waals surface area (Å²) in [4.78, 5) is 19.5. The molecule has 0 unspecified atom stereocenters. The fraction of sp³-hybridized carbons (Fsp3) is 0.143. The summed E-state index contributed by atoms with van der Waals surface area (Å²) in [5, 5.41) is 0.689. The third-order valence-corrected chi connectivity index (χ3v) is 7.67. The molecule has 1 aliphatic carbocycles. The maximum absolute atomic E-state index is 13.7. The topological polar surface area (TPSA) is 34.4 Å². The number of allylic oxidation sites excluding steroid dienone is 1. The fourth-order valence-corrected chi connectivity index (χ4v) is 5.91. The van der Waals surface area contributed by atoms with E-state index in [1.807, 2.05) is 47.0 Å². The maximum atomic E-state index is 13.7. The van der Waals surface area contributed by atoms with Crippen LogP contribution in [0.4, 0.5) is 0 Å². The number of benzene rings is 3. The van der Waals surface area contributed by atoms with Crippen molar-refractivity contribution in [2.75, 3.05) is 0 Å². The van der Waals surface area contributed by atoms with Crippen LogP contribution >= 0.6 is 22.9 Å². The minimum Gasteiger partial charge on any atom is -0.272 e. The summed E-state index contributed by atoms with van der Waals surface area (Å²) in [7, 11) is 0. The predicted molar refractivity (Wildman–Crippen MR) is 135 cm³/mol. The van der Waals surface area contributed by atoms with Crippen molar-refractivity contribution in [3.05, 3.63) is 131 Å². The van der Waals surface area contributed by atoms with Gasteiger partial charge in [-0.3, -0.25) is 9.36 Å². The average molecular weight is 469 g/mol. The lowest BCUT2D eigenvalue weighted by Crippen LogP contribution is -2.38. The monoisotopic (exact) mass is 468 g/mol. The van der Waals surface area contributed by atoms with Crippen LogP contribution in [0.2, 0.25) is 5.02 Å². The lowest BCUT2D eigenvalue weighted by molar-refractivity contribution is 0.585. The Bertz CT molecular complexity index is 1590. The zero-order chi connectivity index (χ0) is 22.5. The third-order valence-electron chi connectivity index (χ3n) is 6.43. The van der Waals surface area contributed by atoms with Gasteiger partial charge in [0.05, 0.1) is 16.3 Å². The number of rotatable bonds is 2. The Balaban J connectivity index is 1.62. The zero-order valence-corrected chi connectivity index (χ0v) is 19.7. The van der Waals surface area contributed by atoms with E-state index in [2.05, 4.69) is 43.3 Å². The van der Waals surface area contributed by atoms with Crippen molar-refractivity contribution in [2.24, 2.45) is 4.99 Å². The summed E-state index contributed by atoms with van der Waals surface area (Å²) in [6, 6.07) is 24.4. The molecule has 0 fully saturated rings. The fourth-order valence-electron chi connectivity index (χ4n) is 4.78. The molecule has 2 heterocycles. The molecule has 0 saturated heterocycles. The standard InChI is InChI=1S/C28H21ClN2OS/c1-17-6-8-18(9-7-17)16-24-27(32)31-26(20-10-13-21(29)14-11-20)23-15-12-19-4-2-3-5-22(19)25(23)30-28(31)33-24/h2-11,13-14,16,26H,12,15H2,1H3/b24-16+/t26-/m0/s1. The second-order valence-corrected chi connectivity index (χ2v) is 10.0.